The highest BCUT2D eigenvalue weighted by atomic mass is 32.1. The van der Waals surface area contributed by atoms with Crippen LogP contribution in [0.15, 0.2) is 24.0 Å². The van der Waals surface area contributed by atoms with Crippen molar-refractivity contribution in [3.8, 4) is 0 Å². The lowest BCUT2D eigenvalue weighted by atomic mass is 10.2. The van der Waals surface area contributed by atoms with E-state index >= 15 is 0 Å². The Morgan fingerprint density at radius 2 is 2.38 bits per heavy atom. The van der Waals surface area contributed by atoms with Crippen LogP contribution in [0.4, 0.5) is 0 Å². The van der Waals surface area contributed by atoms with Gasteiger partial charge in [-0.05, 0) is 30.4 Å². The van der Waals surface area contributed by atoms with Crippen molar-refractivity contribution in [2.75, 3.05) is 0 Å². The molecule has 1 atom stereocenters. The van der Waals surface area contributed by atoms with E-state index in [1.165, 1.54) is 10.4 Å². The van der Waals surface area contributed by atoms with E-state index in [9.17, 15) is 0 Å². The Bertz CT molecular complexity index is 458. The molecule has 2 N–H and O–H groups in total. The van der Waals surface area contributed by atoms with Gasteiger partial charge in [-0.15, -0.1) is 11.3 Å². The lowest BCUT2D eigenvalue weighted by molar-refractivity contribution is 0.620. The molecule has 2 rings (SSSR count). The number of aryl methyl sites for hydroxylation is 1. The average Bonchev–Trinajstić information content (AvgIpc) is 2.88. The molecule has 2 heterocycles. The molecule has 0 fully saturated rings. The van der Waals surface area contributed by atoms with Crippen LogP contribution < -0.4 is 5.73 Å². The number of nitrogens with zero attached hydrogens (tertiary/aromatic N) is 2. The summed E-state index contributed by atoms with van der Waals surface area (Å²) in [5.74, 6) is 0. The summed E-state index contributed by atoms with van der Waals surface area (Å²) in [6.45, 7) is 5.12. The molecule has 0 aliphatic rings. The van der Waals surface area contributed by atoms with E-state index in [1.54, 1.807) is 11.3 Å². The number of thiophene rings is 1. The molecule has 2 aromatic rings. The van der Waals surface area contributed by atoms with E-state index in [2.05, 4.69) is 34.8 Å². The molecule has 0 aromatic carbocycles. The zero-order valence-electron chi connectivity index (χ0n) is 9.68. The third kappa shape index (κ3) is 2.18. The molecule has 0 unspecified atom stereocenters. The van der Waals surface area contributed by atoms with Crippen LogP contribution >= 0.6 is 11.3 Å². The maximum absolute atomic E-state index is 6.05. The minimum atomic E-state index is 0.0859. The Balaban J connectivity index is 2.22. The first-order valence-electron chi connectivity index (χ1n) is 5.51. The molecule has 0 aliphatic carbocycles. The van der Waals surface area contributed by atoms with Gasteiger partial charge in [0.2, 0.25) is 0 Å². The Morgan fingerprint density at radius 3 is 3.00 bits per heavy atom. The van der Waals surface area contributed by atoms with Crippen molar-refractivity contribution in [3.63, 3.8) is 0 Å². The van der Waals surface area contributed by atoms with Gasteiger partial charge in [0.15, 0.2) is 0 Å². The number of rotatable bonds is 4. The van der Waals surface area contributed by atoms with E-state index in [1.807, 2.05) is 12.5 Å². The third-order valence-corrected chi connectivity index (χ3v) is 3.85. The van der Waals surface area contributed by atoms with Crippen LogP contribution in [0.1, 0.15) is 35.5 Å². The fourth-order valence-electron chi connectivity index (χ4n) is 1.70. The van der Waals surface area contributed by atoms with E-state index < -0.39 is 0 Å². The molecule has 0 bridgehead atoms. The van der Waals surface area contributed by atoms with E-state index in [-0.39, 0.29) is 6.04 Å². The minimum Gasteiger partial charge on any atom is -0.328 e. The van der Waals surface area contributed by atoms with Crippen LogP contribution in [0.2, 0.25) is 0 Å². The van der Waals surface area contributed by atoms with Gasteiger partial charge in [0.05, 0.1) is 18.6 Å². The SMILES string of the molecule is CC[C@@H](N)c1cncn1Cc1sccc1C. The van der Waals surface area contributed by atoms with E-state index in [0.29, 0.717) is 0 Å². The predicted octanol–water partition coefficient (Wildman–Crippen LogP) is 2.71. The molecule has 0 saturated heterocycles. The van der Waals surface area contributed by atoms with Crippen molar-refractivity contribution >= 4 is 11.3 Å². The molecule has 16 heavy (non-hydrogen) atoms. The van der Waals surface area contributed by atoms with Crippen LogP contribution in [0.25, 0.3) is 0 Å². The quantitative estimate of drug-likeness (QED) is 0.885. The molecule has 3 nitrogen and oxygen atoms in total. The van der Waals surface area contributed by atoms with Gasteiger partial charge in [0.25, 0.3) is 0 Å². The van der Waals surface area contributed by atoms with Crippen molar-refractivity contribution in [3.05, 3.63) is 40.1 Å². The molecule has 0 saturated carbocycles. The van der Waals surface area contributed by atoms with Crippen molar-refractivity contribution in [1.29, 1.82) is 0 Å². The third-order valence-electron chi connectivity index (χ3n) is 2.85. The maximum atomic E-state index is 6.05. The van der Waals surface area contributed by atoms with Crippen LogP contribution in [-0.2, 0) is 6.54 Å². The van der Waals surface area contributed by atoms with Gasteiger partial charge < -0.3 is 10.3 Å². The Kier molecular flexibility index (Phi) is 3.41. The second-order valence-corrected chi connectivity index (χ2v) is 4.99. The van der Waals surface area contributed by atoms with Gasteiger partial charge in [0, 0.05) is 17.1 Å². The molecular formula is C12H17N3S. The lowest BCUT2D eigenvalue weighted by Crippen LogP contribution is -2.14. The summed E-state index contributed by atoms with van der Waals surface area (Å²) in [6, 6.07) is 2.24. The molecule has 0 aliphatic heterocycles. The fraction of sp³-hybridized carbons (Fsp3) is 0.417. The summed E-state index contributed by atoms with van der Waals surface area (Å²) >= 11 is 1.79. The van der Waals surface area contributed by atoms with Crippen LogP contribution in [0.5, 0.6) is 0 Å². The van der Waals surface area contributed by atoms with Crippen molar-refractivity contribution in [1.82, 2.24) is 9.55 Å². The molecule has 0 spiro atoms. The summed E-state index contributed by atoms with van der Waals surface area (Å²) in [5, 5.41) is 2.13. The minimum absolute atomic E-state index is 0.0859. The van der Waals surface area contributed by atoms with E-state index in [0.717, 1.165) is 18.7 Å². The van der Waals surface area contributed by atoms with Gasteiger partial charge in [-0.25, -0.2) is 4.98 Å². The first kappa shape index (κ1) is 11.4. The second-order valence-electron chi connectivity index (χ2n) is 3.99. The Morgan fingerprint density at radius 1 is 1.56 bits per heavy atom. The molecule has 86 valence electrons. The Hall–Kier alpha value is -1.13. The fourth-order valence-corrected chi connectivity index (χ4v) is 2.61. The second kappa shape index (κ2) is 4.80. The Labute approximate surface area is 99.9 Å². The van der Waals surface area contributed by atoms with Gasteiger partial charge in [-0.3, -0.25) is 0 Å². The molecule has 0 amide bonds. The van der Waals surface area contributed by atoms with Gasteiger partial charge in [0.1, 0.15) is 0 Å². The standard InChI is InChI=1S/C12H17N3S/c1-3-10(13)11-6-14-8-15(11)7-12-9(2)4-5-16-12/h4-6,8,10H,3,7,13H2,1-2H3/t10-/m1/s1. The summed E-state index contributed by atoms with van der Waals surface area (Å²) in [5.41, 5.74) is 8.51. The first-order chi connectivity index (χ1) is 7.72. The predicted molar refractivity (Wildman–Crippen MR) is 67.6 cm³/mol. The van der Waals surface area contributed by atoms with Crippen molar-refractivity contribution in [2.45, 2.75) is 32.9 Å². The molecule has 0 radical (unpaired) electrons. The van der Waals surface area contributed by atoms with Crippen molar-refractivity contribution < 1.29 is 0 Å². The highest BCUT2D eigenvalue weighted by molar-refractivity contribution is 7.10. The summed E-state index contributed by atoms with van der Waals surface area (Å²) in [6.07, 6.45) is 4.68. The van der Waals surface area contributed by atoms with Crippen LogP contribution in [-0.4, -0.2) is 9.55 Å². The monoisotopic (exact) mass is 235 g/mol. The lowest BCUT2D eigenvalue weighted by Gasteiger charge is -2.12. The maximum Gasteiger partial charge on any atom is 0.0952 e. The molecule has 4 heteroatoms. The van der Waals surface area contributed by atoms with E-state index in [4.69, 9.17) is 5.73 Å². The van der Waals surface area contributed by atoms with Crippen molar-refractivity contribution in [2.24, 2.45) is 5.73 Å². The first-order valence-corrected chi connectivity index (χ1v) is 6.39. The number of nitrogens with two attached hydrogens (primary N) is 1. The molecule has 2 aromatic heterocycles. The van der Waals surface area contributed by atoms with Gasteiger partial charge in [-0.2, -0.15) is 0 Å². The van der Waals surface area contributed by atoms with Crippen LogP contribution in [0, 0.1) is 6.92 Å². The molecular weight excluding hydrogens is 218 g/mol. The summed E-state index contributed by atoms with van der Waals surface area (Å²) < 4.78 is 2.15. The zero-order valence-corrected chi connectivity index (χ0v) is 10.5. The smallest absolute Gasteiger partial charge is 0.0952 e. The van der Waals surface area contributed by atoms with Gasteiger partial charge in [-0.1, -0.05) is 6.92 Å². The zero-order chi connectivity index (χ0) is 11.5. The summed E-state index contributed by atoms with van der Waals surface area (Å²) in [7, 11) is 0. The number of hydrogen-bond acceptors (Lipinski definition) is 3. The van der Waals surface area contributed by atoms with Crippen LogP contribution in [0.3, 0.4) is 0 Å². The number of hydrogen-bond donors (Lipinski definition) is 1. The topological polar surface area (TPSA) is 43.8 Å². The number of imidazole rings is 1. The number of aromatic nitrogens is 2. The average molecular weight is 235 g/mol. The highest BCUT2D eigenvalue weighted by Gasteiger charge is 2.10. The summed E-state index contributed by atoms with van der Waals surface area (Å²) in [4.78, 5) is 5.57. The van der Waals surface area contributed by atoms with Gasteiger partial charge >= 0.3 is 0 Å². The largest absolute Gasteiger partial charge is 0.328 e. The highest BCUT2D eigenvalue weighted by Crippen LogP contribution is 2.20. The normalized spacial score (nSPS) is 12.9.